The van der Waals surface area contributed by atoms with Crippen molar-refractivity contribution in [3.8, 4) is 39.5 Å². The lowest BCUT2D eigenvalue weighted by molar-refractivity contribution is -0.129. The number of halogens is 2. The topological polar surface area (TPSA) is 102 Å². The van der Waals surface area contributed by atoms with Crippen LogP contribution in [0.15, 0.2) is 49.1 Å². The molecule has 1 amide bonds. The lowest BCUT2D eigenvalue weighted by atomic mass is 9.90. The van der Waals surface area contributed by atoms with Gasteiger partial charge in [-0.05, 0) is 66.6 Å². The van der Waals surface area contributed by atoms with E-state index in [-0.39, 0.29) is 36.5 Å². The fourth-order valence-corrected chi connectivity index (χ4v) is 7.02. The zero-order valence-corrected chi connectivity index (χ0v) is 25.8. The minimum Gasteiger partial charge on any atom is -0.490 e. The third kappa shape index (κ3) is 5.08. The summed E-state index contributed by atoms with van der Waals surface area (Å²) in [5.74, 6) is -1.60. The van der Waals surface area contributed by atoms with Crippen molar-refractivity contribution in [1.29, 1.82) is 0 Å². The number of nitrogens with zero attached hydrogens (tertiary/aromatic N) is 4. The summed E-state index contributed by atoms with van der Waals surface area (Å²) >= 11 is 0. The molecule has 4 heterocycles. The third-order valence-corrected chi connectivity index (χ3v) is 9.24. The number of methoxy groups -OCH3 is 1. The fourth-order valence-electron chi connectivity index (χ4n) is 7.02. The number of aromatic nitrogens is 3. The van der Waals surface area contributed by atoms with Crippen molar-refractivity contribution in [3.63, 3.8) is 0 Å². The van der Waals surface area contributed by atoms with E-state index in [9.17, 15) is 14.3 Å². The van der Waals surface area contributed by atoms with Gasteiger partial charge >= 0.3 is 0 Å². The molecule has 0 spiro atoms. The number of carbonyl (C=O) groups is 1. The smallest absolute Gasteiger partial charge is 0.246 e. The van der Waals surface area contributed by atoms with Gasteiger partial charge in [-0.1, -0.05) is 18.7 Å². The third-order valence-electron chi connectivity index (χ3n) is 9.24. The first-order valence-electron chi connectivity index (χ1n) is 15.5. The Labute approximate surface area is 265 Å². The molecule has 7 rings (SSSR count). The van der Waals surface area contributed by atoms with Gasteiger partial charge in [-0.2, -0.15) is 5.10 Å². The van der Waals surface area contributed by atoms with E-state index in [1.807, 2.05) is 35.9 Å². The van der Waals surface area contributed by atoms with Gasteiger partial charge in [0.25, 0.3) is 0 Å². The first-order valence-corrected chi connectivity index (χ1v) is 15.5. The Hall–Kier alpha value is -4.45. The number of nitrogens with one attached hydrogen (secondary N) is 1. The highest BCUT2D eigenvalue weighted by molar-refractivity contribution is 5.90. The maximum atomic E-state index is 16.1. The van der Waals surface area contributed by atoms with E-state index in [1.54, 1.807) is 4.90 Å². The average Bonchev–Trinajstić information content (AvgIpc) is 3.79. The normalized spacial score (nSPS) is 18.3. The SMILES string of the molecule is C=CC(=O)N1CCn2nc(-c3nc(-c4ccc5c(c4)CNC5O)c4c(c3-c3c(F)cc(F)cc3OCCOC)CCC4)cc2C1C. The van der Waals surface area contributed by atoms with Crippen molar-refractivity contribution < 1.29 is 28.2 Å². The fraction of sp³-hybridized carbons (Fsp3) is 0.343. The summed E-state index contributed by atoms with van der Waals surface area (Å²) in [6.45, 7) is 7.41. The number of aliphatic hydroxyl groups is 1. The van der Waals surface area contributed by atoms with Gasteiger partial charge in [-0.25, -0.2) is 13.8 Å². The van der Waals surface area contributed by atoms with Crippen LogP contribution in [0.5, 0.6) is 5.75 Å². The molecule has 46 heavy (non-hydrogen) atoms. The van der Waals surface area contributed by atoms with Gasteiger partial charge in [0.2, 0.25) is 5.91 Å². The molecule has 11 heteroatoms. The van der Waals surface area contributed by atoms with Crippen LogP contribution in [-0.4, -0.2) is 57.5 Å². The number of pyridine rings is 1. The van der Waals surface area contributed by atoms with Crippen LogP contribution in [0.25, 0.3) is 33.8 Å². The zero-order chi connectivity index (χ0) is 32.1. The van der Waals surface area contributed by atoms with Crippen molar-refractivity contribution in [2.45, 2.75) is 51.5 Å². The number of amides is 1. The molecule has 0 bridgehead atoms. The molecule has 0 fully saturated rings. The van der Waals surface area contributed by atoms with E-state index in [2.05, 4.69) is 11.9 Å². The molecule has 2 aromatic heterocycles. The van der Waals surface area contributed by atoms with Gasteiger partial charge in [0.15, 0.2) is 0 Å². The monoisotopic (exact) mass is 627 g/mol. The lowest BCUT2D eigenvalue weighted by Crippen LogP contribution is -2.40. The molecule has 3 aliphatic rings. The average molecular weight is 628 g/mol. The molecule has 2 unspecified atom stereocenters. The molecule has 2 aliphatic heterocycles. The minimum atomic E-state index is -0.755. The second-order valence-electron chi connectivity index (χ2n) is 11.9. The van der Waals surface area contributed by atoms with Gasteiger partial charge < -0.3 is 19.5 Å². The molecule has 0 saturated carbocycles. The van der Waals surface area contributed by atoms with Crippen molar-refractivity contribution in [3.05, 3.63) is 88.6 Å². The highest BCUT2D eigenvalue weighted by Gasteiger charge is 2.33. The number of fused-ring (bicyclic) bond motifs is 3. The van der Waals surface area contributed by atoms with Crippen LogP contribution in [0, 0.1) is 11.6 Å². The largest absolute Gasteiger partial charge is 0.490 e. The molecular formula is C35H35F2N5O4. The first kappa shape index (κ1) is 30.2. The van der Waals surface area contributed by atoms with Gasteiger partial charge in [-0.15, -0.1) is 0 Å². The highest BCUT2D eigenvalue weighted by Crippen LogP contribution is 2.47. The Morgan fingerprint density at radius 3 is 2.74 bits per heavy atom. The highest BCUT2D eigenvalue weighted by atomic mass is 19.1. The number of rotatable bonds is 8. The molecule has 1 aliphatic carbocycles. The Morgan fingerprint density at radius 1 is 1.11 bits per heavy atom. The van der Waals surface area contributed by atoms with E-state index >= 15 is 4.39 Å². The van der Waals surface area contributed by atoms with Crippen molar-refractivity contribution in [2.75, 3.05) is 26.9 Å². The summed E-state index contributed by atoms with van der Waals surface area (Å²) in [6, 6.07) is 9.61. The van der Waals surface area contributed by atoms with E-state index in [1.165, 1.54) is 19.3 Å². The summed E-state index contributed by atoms with van der Waals surface area (Å²) in [7, 11) is 1.53. The van der Waals surface area contributed by atoms with Crippen LogP contribution in [-0.2, 0) is 35.5 Å². The summed E-state index contributed by atoms with van der Waals surface area (Å²) in [4.78, 5) is 19.6. The van der Waals surface area contributed by atoms with Crippen LogP contribution in [0.2, 0.25) is 0 Å². The number of aliphatic hydroxyl groups excluding tert-OH is 1. The maximum absolute atomic E-state index is 16.1. The Balaban J connectivity index is 1.47. The van der Waals surface area contributed by atoms with E-state index in [0.717, 1.165) is 58.1 Å². The Bertz CT molecular complexity index is 1870. The number of hydrogen-bond donors (Lipinski definition) is 2. The summed E-state index contributed by atoms with van der Waals surface area (Å²) in [5.41, 5.74) is 7.84. The quantitative estimate of drug-likeness (QED) is 0.203. The molecule has 238 valence electrons. The Morgan fingerprint density at radius 2 is 1.93 bits per heavy atom. The predicted octanol–water partition coefficient (Wildman–Crippen LogP) is 5.25. The van der Waals surface area contributed by atoms with Gasteiger partial charge in [0.1, 0.15) is 35.9 Å². The van der Waals surface area contributed by atoms with Gasteiger partial charge in [0, 0.05) is 43.5 Å². The van der Waals surface area contributed by atoms with Crippen LogP contribution in [0.1, 0.15) is 53.6 Å². The van der Waals surface area contributed by atoms with Crippen LogP contribution < -0.4 is 10.1 Å². The number of benzene rings is 2. The molecule has 2 aromatic carbocycles. The second kappa shape index (κ2) is 12.1. The zero-order valence-electron chi connectivity index (χ0n) is 25.8. The van der Waals surface area contributed by atoms with Crippen molar-refractivity contribution >= 4 is 5.91 Å². The summed E-state index contributed by atoms with van der Waals surface area (Å²) in [5, 5.41) is 18.3. The van der Waals surface area contributed by atoms with E-state index < -0.39 is 17.9 Å². The van der Waals surface area contributed by atoms with Gasteiger partial charge in [-0.3, -0.25) is 14.8 Å². The maximum Gasteiger partial charge on any atom is 0.246 e. The van der Waals surface area contributed by atoms with Crippen LogP contribution in [0.4, 0.5) is 8.78 Å². The van der Waals surface area contributed by atoms with Crippen molar-refractivity contribution in [2.24, 2.45) is 0 Å². The minimum absolute atomic E-state index is 0.0668. The van der Waals surface area contributed by atoms with Crippen molar-refractivity contribution in [1.82, 2.24) is 25.0 Å². The molecule has 0 radical (unpaired) electrons. The Kier molecular flexibility index (Phi) is 7.92. The number of hydrogen-bond acceptors (Lipinski definition) is 7. The van der Waals surface area contributed by atoms with E-state index in [0.29, 0.717) is 43.0 Å². The van der Waals surface area contributed by atoms with Gasteiger partial charge in [0.05, 0.1) is 41.8 Å². The predicted molar refractivity (Wildman–Crippen MR) is 168 cm³/mol. The molecule has 4 aromatic rings. The molecular weight excluding hydrogens is 592 g/mol. The summed E-state index contributed by atoms with van der Waals surface area (Å²) < 4.78 is 43.6. The second-order valence-corrected chi connectivity index (χ2v) is 11.9. The van der Waals surface area contributed by atoms with E-state index in [4.69, 9.17) is 19.6 Å². The molecule has 2 atom stereocenters. The summed E-state index contributed by atoms with van der Waals surface area (Å²) in [6.07, 6.45) is 2.83. The molecule has 9 nitrogen and oxygen atoms in total. The number of ether oxygens (including phenoxy) is 2. The molecule has 0 saturated heterocycles. The van der Waals surface area contributed by atoms with Crippen LogP contribution in [0.3, 0.4) is 0 Å². The van der Waals surface area contributed by atoms with Crippen LogP contribution >= 0.6 is 0 Å². The lowest BCUT2D eigenvalue weighted by Gasteiger charge is -2.33. The number of carbonyl (C=O) groups excluding carboxylic acids is 1. The molecule has 2 N–H and O–H groups in total. The first-order chi connectivity index (χ1) is 22.3. The standard InChI is InChI=1S/C35H35F2N5O4/c1-4-30(43)41-10-11-42-28(19(41)2)17-27(40-42)34-31(32-26(37)15-22(36)16-29(32)46-13-12-45-3)24-6-5-7-25(24)33(39-34)20-8-9-23-21(14-20)18-38-35(23)44/h4,8-9,14-17,19,35,38,44H,1,5-7,10-13,18H2,2-3H3.